The minimum absolute atomic E-state index is 0.129. The van der Waals surface area contributed by atoms with Crippen molar-refractivity contribution in [2.45, 2.75) is 19.3 Å². The van der Waals surface area contributed by atoms with Crippen LogP contribution in [0, 0.1) is 0 Å². The highest BCUT2D eigenvalue weighted by atomic mass is 16.3. The number of fused-ring (bicyclic) bond motifs is 8. The zero-order valence-corrected chi connectivity index (χ0v) is 33.3. The molecule has 0 spiro atoms. The number of para-hydroxylation sites is 1. The maximum absolute atomic E-state index is 6.30. The van der Waals surface area contributed by atoms with Gasteiger partial charge in [0, 0.05) is 32.9 Å². The summed E-state index contributed by atoms with van der Waals surface area (Å²) in [5.41, 5.74) is 16.7. The summed E-state index contributed by atoms with van der Waals surface area (Å²) in [6.45, 7) is 4.75. The molecule has 282 valence electrons. The third-order valence-electron chi connectivity index (χ3n) is 12.7. The number of hydrogen-bond acceptors (Lipinski definition) is 3. The van der Waals surface area contributed by atoms with Gasteiger partial charge in [0.1, 0.15) is 11.2 Å². The van der Waals surface area contributed by atoms with E-state index in [1.165, 1.54) is 60.7 Å². The van der Waals surface area contributed by atoms with Gasteiger partial charge in [0.05, 0.1) is 11.4 Å². The average Bonchev–Trinajstić information content (AvgIpc) is 3.80. The summed E-state index contributed by atoms with van der Waals surface area (Å²) in [6.07, 6.45) is 0. The summed E-state index contributed by atoms with van der Waals surface area (Å²) in [4.78, 5) is 10.5. The zero-order valence-electron chi connectivity index (χ0n) is 33.3. The van der Waals surface area contributed by atoms with Gasteiger partial charge in [-0.25, -0.2) is 9.97 Å². The van der Waals surface area contributed by atoms with Crippen LogP contribution in [0.3, 0.4) is 0 Å². The third kappa shape index (κ3) is 5.29. The van der Waals surface area contributed by atoms with E-state index >= 15 is 0 Å². The van der Waals surface area contributed by atoms with Crippen LogP contribution in [0.1, 0.15) is 25.0 Å². The molecule has 0 atom stereocenters. The van der Waals surface area contributed by atoms with Crippen molar-refractivity contribution in [3.63, 3.8) is 0 Å². The summed E-state index contributed by atoms with van der Waals surface area (Å²) >= 11 is 0. The second-order valence-electron chi connectivity index (χ2n) is 16.5. The van der Waals surface area contributed by atoms with Gasteiger partial charge in [0.15, 0.2) is 5.82 Å². The highest BCUT2D eigenvalue weighted by Crippen LogP contribution is 2.53. The van der Waals surface area contributed by atoms with Crippen LogP contribution < -0.4 is 0 Å². The highest BCUT2D eigenvalue weighted by molar-refractivity contribution is 6.12. The van der Waals surface area contributed by atoms with Crippen LogP contribution in [0.5, 0.6) is 0 Å². The first-order valence-electron chi connectivity index (χ1n) is 20.6. The molecule has 0 saturated heterocycles. The van der Waals surface area contributed by atoms with Gasteiger partial charge in [-0.2, -0.15) is 0 Å². The Balaban J connectivity index is 0.970. The Morgan fingerprint density at radius 3 is 1.73 bits per heavy atom. The molecule has 0 bridgehead atoms. The minimum Gasteiger partial charge on any atom is -0.456 e. The number of nitrogens with zero attached hydrogens (tertiary/aromatic N) is 2. The minimum atomic E-state index is -0.129. The molecule has 2 aromatic heterocycles. The molecule has 0 aliphatic heterocycles. The third-order valence-corrected chi connectivity index (χ3v) is 12.7. The maximum Gasteiger partial charge on any atom is 0.160 e. The molecule has 11 aromatic rings. The van der Waals surface area contributed by atoms with Crippen molar-refractivity contribution in [1.29, 1.82) is 0 Å². The number of aromatic nitrogens is 2. The Labute approximate surface area is 348 Å². The quantitative estimate of drug-likeness (QED) is 0.175. The van der Waals surface area contributed by atoms with Gasteiger partial charge < -0.3 is 4.42 Å². The van der Waals surface area contributed by atoms with Crippen molar-refractivity contribution in [2.75, 3.05) is 0 Å². The molecule has 3 heteroatoms. The molecule has 0 unspecified atom stereocenters. The molecule has 12 rings (SSSR count). The van der Waals surface area contributed by atoms with E-state index in [1.807, 2.05) is 42.5 Å². The van der Waals surface area contributed by atoms with E-state index in [4.69, 9.17) is 14.4 Å². The lowest BCUT2D eigenvalue weighted by atomic mass is 9.78. The van der Waals surface area contributed by atoms with Crippen LogP contribution in [0.2, 0.25) is 0 Å². The Hall–Kier alpha value is -7.62. The molecule has 0 saturated carbocycles. The fourth-order valence-electron chi connectivity index (χ4n) is 9.84. The largest absolute Gasteiger partial charge is 0.456 e. The molecule has 0 radical (unpaired) electrons. The Kier molecular flexibility index (Phi) is 7.58. The number of hydrogen-bond donors (Lipinski definition) is 0. The topological polar surface area (TPSA) is 38.9 Å². The lowest BCUT2D eigenvalue weighted by Gasteiger charge is -2.25. The van der Waals surface area contributed by atoms with Crippen LogP contribution in [0.4, 0.5) is 0 Å². The number of furan rings is 1. The molecule has 0 fully saturated rings. The summed E-state index contributed by atoms with van der Waals surface area (Å²) in [5.74, 6) is 0.684. The van der Waals surface area contributed by atoms with Gasteiger partial charge in [-0.3, -0.25) is 0 Å². The van der Waals surface area contributed by atoms with Gasteiger partial charge in [0.2, 0.25) is 0 Å². The van der Waals surface area contributed by atoms with Gasteiger partial charge >= 0.3 is 0 Å². The molecular weight excluding hydrogens is 729 g/mol. The normalized spacial score (nSPS) is 13.0. The summed E-state index contributed by atoms with van der Waals surface area (Å²) < 4.78 is 6.30. The van der Waals surface area contributed by atoms with Gasteiger partial charge in [-0.1, -0.05) is 178 Å². The van der Waals surface area contributed by atoms with E-state index in [2.05, 4.69) is 166 Å². The van der Waals surface area contributed by atoms with E-state index < -0.39 is 0 Å². The summed E-state index contributed by atoms with van der Waals surface area (Å²) in [7, 11) is 0. The molecule has 1 aliphatic rings. The molecule has 9 aromatic carbocycles. The van der Waals surface area contributed by atoms with Crippen LogP contribution in [0.15, 0.2) is 199 Å². The first-order chi connectivity index (χ1) is 29.5. The smallest absolute Gasteiger partial charge is 0.160 e. The van der Waals surface area contributed by atoms with Crippen LogP contribution in [-0.2, 0) is 5.41 Å². The van der Waals surface area contributed by atoms with E-state index in [9.17, 15) is 0 Å². The average molecular weight is 767 g/mol. The predicted molar refractivity (Wildman–Crippen MR) is 249 cm³/mol. The number of benzene rings is 9. The Bertz CT molecular complexity index is 3500. The second kappa shape index (κ2) is 13.2. The van der Waals surface area contributed by atoms with Gasteiger partial charge in [-0.05, 0) is 96.4 Å². The van der Waals surface area contributed by atoms with Crippen molar-refractivity contribution in [2.24, 2.45) is 0 Å². The lowest BCUT2D eigenvalue weighted by molar-refractivity contribution is 0.663. The van der Waals surface area contributed by atoms with Crippen LogP contribution in [-0.4, -0.2) is 9.97 Å². The van der Waals surface area contributed by atoms with E-state index in [0.717, 1.165) is 55.4 Å². The van der Waals surface area contributed by atoms with Crippen molar-refractivity contribution < 1.29 is 4.42 Å². The van der Waals surface area contributed by atoms with Crippen LogP contribution in [0.25, 0.3) is 111 Å². The summed E-state index contributed by atoms with van der Waals surface area (Å²) in [5, 5.41) is 7.02. The van der Waals surface area contributed by atoms with E-state index in [1.54, 1.807) is 0 Å². The Morgan fingerprint density at radius 1 is 0.383 bits per heavy atom. The Morgan fingerprint density at radius 2 is 0.950 bits per heavy atom. The van der Waals surface area contributed by atoms with E-state index in [0.29, 0.717) is 5.82 Å². The van der Waals surface area contributed by atoms with E-state index in [-0.39, 0.29) is 5.41 Å². The SMILES string of the molecule is CC1(C)c2cc3ccccc3cc2-c2cccc(-c3ccc(-c4ccc(-c5cc(-c6cccc7oc8ccccc8c67)nc(-c6ccccc6)n5)c5ccccc45)cc3)c21. The monoisotopic (exact) mass is 766 g/mol. The van der Waals surface area contributed by atoms with Crippen molar-refractivity contribution in [3.8, 4) is 67.3 Å². The lowest BCUT2D eigenvalue weighted by Crippen LogP contribution is -2.16. The van der Waals surface area contributed by atoms with Crippen LogP contribution >= 0.6 is 0 Å². The molecule has 2 heterocycles. The first kappa shape index (κ1) is 34.4. The molecule has 0 amide bonds. The maximum atomic E-state index is 6.30. The molecule has 1 aliphatic carbocycles. The first-order valence-corrected chi connectivity index (χ1v) is 20.6. The fraction of sp³-hybridized carbons (Fsp3) is 0.0526. The summed E-state index contributed by atoms with van der Waals surface area (Å²) in [6, 6.07) is 69.5. The zero-order chi connectivity index (χ0) is 40.0. The molecular formula is C57H38N2O. The second-order valence-corrected chi connectivity index (χ2v) is 16.5. The standard InChI is InChI=1S/C57H38N2O/c1-57(2)49-33-39-17-7-6-16-38(39)32-48(49)45-22-12-21-41(55(45)57)36-28-26-35(27-29-36)40-30-31-44(43-19-9-8-18-42(40)43)50-34-51(59-56(58-50)37-14-4-3-5-15-37)46-23-13-25-53-54(46)47-20-10-11-24-52(47)60-53/h3-34H,1-2H3. The molecule has 3 nitrogen and oxygen atoms in total. The fourth-order valence-corrected chi connectivity index (χ4v) is 9.84. The van der Waals surface area contributed by atoms with Gasteiger partial charge in [0.25, 0.3) is 0 Å². The van der Waals surface area contributed by atoms with Crippen molar-refractivity contribution in [1.82, 2.24) is 9.97 Å². The predicted octanol–water partition coefficient (Wildman–Crippen LogP) is 15.3. The van der Waals surface area contributed by atoms with Crippen molar-refractivity contribution in [3.05, 3.63) is 205 Å². The van der Waals surface area contributed by atoms with Gasteiger partial charge in [-0.15, -0.1) is 0 Å². The highest BCUT2D eigenvalue weighted by Gasteiger charge is 2.37. The van der Waals surface area contributed by atoms with Crippen molar-refractivity contribution >= 4 is 43.5 Å². The molecule has 60 heavy (non-hydrogen) atoms. The number of rotatable bonds is 5. The molecule has 0 N–H and O–H groups in total.